The third kappa shape index (κ3) is 5.48. The lowest BCUT2D eigenvalue weighted by molar-refractivity contribution is -0.151. The number of rotatable bonds is 6. The van der Waals surface area contributed by atoms with Gasteiger partial charge in [0.25, 0.3) is 5.91 Å². The van der Waals surface area contributed by atoms with Crippen LogP contribution in [-0.4, -0.2) is 44.0 Å². The van der Waals surface area contributed by atoms with Gasteiger partial charge in [0.15, 0.2) is 6.61 Å². The quantitative estimate of drug-likeness (QED) is 0.716. The number of benzene rings is 2. The molecular weight excluding hydrogens is 400 g/mol. The fraction of sp³-hybridized carbons (Fsp3) is 0.304. The summed E-state index contributed by atoms with van der Waals surface area (Å²) in [6.07, 6.45) is 0.0441. The Labute approximate surface area is 180 Å². The summed E-state index contributed by atoms with van der Waals surface area (Å²) in [6, 6.07) is 11.9. The van der Waals surface area contributed by atoms with E-state index in [2.05, 4.69) is 10.1 Å². The summed E-state index contributed by atoms with van der Waals surface area (Å²) in [5.74, 6) is -2.36. The molecule has 0 saturated carbocycles. The largest absolute Gasteiger partial charge is 0.465 e. The van der Waals surface area contributed by atoms with Gasteiger partial charge in [0.05, 0.1) is 18.6 Å². The first-order valence-corrected chi connectivity index (χ1v) is 9.80. The number of nitrogens with zero attached hydrogens (tertiary/aromatic N) is 1. The highest BCUT2D eigenvalue weighted by Crippen LogP contribution is 2.27. The van der Waals surface area contributed by atoms with Crippen molar-refractivity contribution in [2.24, 2.45) is 5.92 Å². The van der Waals surface area contributed by atoms with E-state index in [1.807, 2.05) is 32.0 Å². The van der Waals surface area contributed by atoms with E-state index in [1.165, 1.54) is 19.2 Å². The summed E-state index contributed by atoms with van der Waals surface area (Å²) in [6.45, 7) is 3.65. The lowest BCUT2D eigenvalue weighted by atomic mass is 10.1. The highest BCUT2D eigenvalue weighted by molar-refractivity contribution is 6.00. The molecule has 0 aromatic heterocycles. The van der Waals surface area contributed by atoms with Gasteiger partial charge in [0.1, 0.15) is 0 Å². The van der Waals surface area contributed by atoms with E-state index in [0.29, 0.717) is 11.3 Å². The van der Waals surface area contributed by atoms with Crippen LogP contribution in [0, 0.1) is 19.8 Å². The van der Waals surface area contributed by atoms with Crippen LogP contribution in [-0.2, 0) is 23.9 Å². The van der Waals surface area contributed by atoms with E-state index in [4.69, 9.17) is 4.74 Å². The molecule has 1 heterocycles. The fourth-order valence-electron chi connectivity index (χ4n) is 3.48. The molecule has 2 aromatic rings. The van der Waals surface area contributed by atoms with E-state index in [0.717, 1.165) is 16.8 Å². The van der Waals surface area contributed by atoms with E-state index in [-0.39, 0.29) is 18.9 Å². The second kappa shape index (κ2) is 9.42. The molecule has 0 radical (unpaired) electrons. The Morgan fingerprint density at radius 1 is 1.06 bits per heavy atom. The third-order valence-electron chi connectivity index (χ3n) is 4.91. The van der Waals surface area contributed by atoms with Gasteiger partial charge in [0, 0.05) is 24.3 Å². The van der Waals surface area contributed by atoms with E-state index < -0.39 is 30.4 Å². The van der Waals surface area contributed by atoms with Gasteiger partial charge in [-0.15, -0.1) is 0 Å². The molecule has 2 aromatic carbocycles. The molecule has 8 nitrogen and oxygen atoms in total. The lowest BCUT2D eigenvalue weighted by Gasteiger charge is -2.18. The summed E-state index contributed by atoms with van der Waals surface area (Å²) in [5.41, 5.74) is 3.62. The number of ether oxygens (including phenoxy) is 2. The maximum atomic E-state index is 12.4. The monoisotopic (exact) mass is 424 g/mol. The summed E-state index contributed by atoms with van der Waals surface area (Å²) < 4.78 is 9.73. The van der Waals surface area contributed by atoms with E-state index in [1.54, 1.807) is 17.0 Å². The van der Waals surface area contributed by atoms with Crippen molar-refractivity contribution in [1.29, 1.82) is 0 Å². The molecule has 162 valence electrons. The molecular formula is C23H24N2O6. The smallest absolute Gasteiger partial charge is 0.337 e. The number of anilines is 2. The van der Waals surface area contributed by atoms with Gasteiger partial charge in [-0.25, -0.2) is 4.79 Å². The first kappa shape index (κ1) is 22.0. The van der Waals surface area contributed by atoms with Crippen LogP contribution in [0.5, 0.6) is 0 Å². The molecule has 8 heteroatoms. The molecule has 0 spiro atoms. The highest BCUT2D eigenvalue weighted by atomic mass is 16.5. The van der Waals surface area contributed by atoms with Crippen LogP contribution in [0.4, 0.5) is 11.4 Å². The van der Waals surface area contributed by atoms with Crippen LogP contribution in [0.3, 0.4) is 0 Å². The zero-order valence-corrected chi connectivity index (χ0v) is 17.6. The second-order valence-corrected chi connectivity index (χ2v) is 7.48. The standard InChI is InChI=1S/C23H24N2O6/c1-14-8-15(2)10-19(9-14)25-12-17(11-21(25)27)23(29)31-13-20(26)24-18-6-4-16(5-7-18)22(28)30-3/h4-10,17H,11-13H2,1-3H3,(H,24,26)/t17-/m1/s1. The van der Waals surface area contributed by atoms with Gasteiger partial charge >= 0.3 is 11.9 Å². The second-order valence-electron chi connectivity index (χ2n) is 7.48. The van der Waals surface area contributed by atoms with Crippen molar-refractivity contribution in [1.82, 2.24) is 0 Å². The van der Waals surface area contributed by atoms with Crippen molar-refractivity contribution in [3.05, 3.63) is 59.2 Å². The summed E-state index contributed by atoms with van der Waals surface area (Å²) in [7, 11) is 1.28. The zero-order valence-electron chi connectivity index (χ0n) is 17.6. The number of aryl methyl sites for hydroxylation is 2. The predicted octanol–water partition coefficient (Wildman–Crippen LogP) is 2.62. The van der Waals surface area contributed by atoms with Crippen molar-refractivity contribution >= 4 is 35.1 Å². The maximum Gasteiger partial charge on any atom is 0.337 e. The average molecular weight is 424 g/mol. The maximum absolute atomic E-state index is 12.4. The Bertz CT molecular complexity index is 995. The average Bonchev–Trinajstić information content (AvgIpc) is 3.13. The molecule has 0 aliphatic carbocycles. The van der Waals surface area contributed by atoms with E-state index in [9.17, 15) is 19.2 Å². The van der Waals surface area contributed by atoms with Gasteiger partial charge < -0.3 is 19.7 Å². The molecule has 0 bridgehead atoms. The molecule has 1 aliphatic heterocycles. The minimum atomic E-state index is -0.625. The fourth-order valence-corrected chi connectivity index (χ4v) is 3.48. The molecule has 1 saturated heterocycles. The topological polar surface area (TPSA) is 102 Å². The van der Waals surface area contributed by atoms with Crippen molar-refractivity contribution < 1.29 is 28.7 Å². The predicted molar refractivity (Wildman–Crippen MR) is 114 cm³/mol. The molecule has 0 unspecified atom stereocenters. The van der Waals surface area contributed by atoms with Gasteiger partial charge in [-0.1, -0.05) is 6.07 Å². The minimum absolute atomic E-state index is 0.0441. The molecule has 1 atom stereocenters. The first-order chi connectivity index (χ1) is 14.8. The molecule has 2 amide bonds. The molecule has 1 fully saturated rings. The number of amides is 2. The minimum Gasteiger partial charge on any atom is -0.465 e. The van der Waals surface area contributed by atoms with Crippen LogP contribution >= 0.6 is 0 Å². The highest BCUT2D eigenvalue weighted by Gasteiger charge is 2.36. The Morgan fingerprint density at radius 3 is 2.32 bits per heavy atom. The molecule has 1 aliphatic rings. The normalized spacial score (nSPS) is 15.5. The van der Waals surface area contributed by atoms with Crippen LogP contribution in [0.25, 0.3) is 0 Å². The summed E-state index contributed by atoms with van der Waals surface area (Å²) in [4.78, 5) is 49.9. The van der Waals surface area contributed by atoms with E-state index >= 15 is 0 Å². The first-order valence-electron chi connectivity index (χ1n) is 9.80. The Balaban J connectivity index is 1.52. The SMILES string of the molecule is COC(=O)c1ccc(NC(=O)COC(=O)[C@@H]2CC(=O)N(c3cc(C)cc(C)c3)C2)cc1. The number of methoxy groups -OCH3 is 1. The van der Waals surface area contributed by atoms with Crippen LogP contribution < -0.4 is 10.2 Å². The zero-order chi connectivity index (χ0) is 22.5. The summed E-state index contributed by atoms with van der Waals surface area (Å²) in [5, 5.41) is 2.58. The van der Waals surface area contributed by atoms with Crippen LogP contribution in [0.15, 0.2) is 42.5 Å². The van der Waals surface area contributed by atoms with Crippen molar-refractivity contribution in [2.75, 3.05) is 30.5 Å². The van der Waals surface area contributed by atoms with Crippen molar-refractivity contribution in [3.8, 4) is 0 Å². The third-order valence-corrected chi connectivity index (χ3v) is 4.91. The van der Waals surface area contributed by atoms with Gasteiger partial charge in [-0.05, 0) is 61.4 Å². The number of carbonyl (C=O) groups is 4. The van der Waals surface area contributed by atoms with Gasteiger partial charge in [-0.2, -0.15) is 0 Å². The van der Waals surface area contributed by atoms with Crippen molar-refractivity contribution in [3.63, 3.8) is 0 Å². The van der Waals surface area contributed by atoms with Gasteiger partial charge in [-0.3, -0.25) is 14.4 Å². The number of esters is 2. The number of hydrogen-bond donors (Lipinski definition) is 1. The van der Waals surface area contributed by atoms with Crippen LogP contribution in [0.2, 0.25) is 0 Å². The summed E-state index contributed by atoms with van der Waals surface area (Å²) >= 11 is 0. The number of carbonyl (C=O) groups excluding carboxylic acids is 4. The molecule has 3 rings (SSSR count). The molecule has 31 heavy (non-hydrogen) atoms. The van der Waals surface area contributed by atoms with Gasteiger partial charge in [0.2, 0.25) is 5.91 Å². The number of nitrogens with one attached hydrogen (secondary N) is 1. The van der Waals surface area contributed by atoms with Crippen molar-refractivity contribution in [2.45, 2.75) is 20.3 Å². The lowest BCUT2D eigenvalue weighted by Crippen LogP contribution is -2.28. The Hall–Kier alpha value is -3.68. The van der Waals surface area contributed by atoms with Crippen LogP contribution in [0.1, 0.15) is 27.9 Å². The Morgan fingerprint density at radius 2 is 1.71 bits per heavy atom. The Kier molecular flexibility index (Phi) is 6.69. The molecule has 1 N–H and O–H groups in total. The number of hydrogen-bond acceptors (Lipinski definition) is 6.